The molecule has 2 saturated heterocycles. The number of nitro groups is 1. The number of nitro benzene ring substituents is 1. The quantitative estimate of drug-likeness (QED) is 0.561. The minimum Gasteiger partial charge on any atom is -0.378 e. The van der Waals surface area contributed by atoms with Crippen LogP contribution in [0.5, 0.6) is 0 Å². The van der Waals surface area contributed by atoms with E-state index in [1.54, 1.807) is 18.3 Å². The minimum atomic E-state index is -0.408. The van der Waals surface area contributed by atoms with Crippen LogP contribution in [0.4, 0.5) is 17.2 Å². The number of anilines is 2. The first kappa shape index (κ1) is 21.0. The van der Waals surface area contributed by atoms with Crippen molar-refractivity contribution in [3.63, 3.8) is 0 Å². The Morgan fingerprint density at radius 1 is 1.06 bits per heavy atom. The molecule has 4 rings (SSSR count). The third kappa shape index (κ3) is 5.11. The van der Waals surface area contributed by atoms with Crippen molar-refractivity contribution in [1.29, 1.82) is 0 Å². The molecule has 2 aliphatic rings. The number of nitrogens with zero attached hydrogens (tertiary/aromatic N) is 4. The largest absolute Gasteiger partial charge is 0.378 e. The fraction of sp³-hybridized carbons (Fsp3) is 0.455. The maximum absolute atomic E-state index is 12.6. The normalized spacial score (nSPS) is 16.8. The predicted octanol–water partition coefficient (Wildman–Crippen LogP) is 2.75. The van der Waals surface area contributed by atoms with Gasteiger partial charge in [0.15, 0.2) is 0 Å². The Hall–Kier alpha value is -3.20. The van der Waals surface area contributed by atoms with Crippen LogP contribution in [0, 0.1) is 10.1 Å². The van der Waals surface area contributed by atoms with E-state index in [1.807, 2.05) is 17.0 Å². The molecule has 1 aromatic heterocycles. The monoisotopic (exact) mass is 425 g/mol. The summed E-state index contributed by atoms with van der Waals surface area (Å²) in [6.07, 6.45) is 4.94. The number of benzene rings is 1. The molecule has 0 unspecified atom stereocenters. The van der Waals surface area contributed by atoms with E-state index in [1.165, 1.54) is 6.07 Å². The molecule has 0 saturated carbocycles. The van der Waals surface area contributed by atoms with Gasteiger partial charge in [-0.2, -0.15) is 0 Å². The zero-order chi connectivity index (χ0) is 21.6. The number of pyridine rings is 1. The lowest BCUT2D eigenvalue weighted by atomic mass is 10.1. The molecular weight excluding hydrogens is 398 g/mol. The molecule has 1 amide bonds. The van der Waals surface area contributed by atoms with E-state index in [2.05, 4.69) is 15.2 Å². The highest BCUT2D eigenvalue weighted by atomic mass is 16.6. The van der Waals surface area contributed by atoms with Crippen LogP contribution in [0.2, 0.25) is 0 Å². The van der Waals surface area contributed by atoms with Gasteiger partial charge in [-0.1, -0.05) is 6.07 Å². The topological polar surface area (TPSA) is 101 Å². The number of carbonyl (C=O) groups is 1. The van der Waals surface area contributed by atoms with Gasteiger partial charge in [0.2, 0.25) is 0 Å². The fourth-order valence-electron chi connectivity index (χ4n) is 4.00. The van der Waals surface area contributed by atoms with E-state index in [4.69, 9.17) is 4.74 Å². The molecule has 2 aromatic rings. The van der Waals surface area contributed by atoms with Crippen LogP contribution in [0.15, 0.2) is 36.5 Å². The van der Waals surface area contributed by atoms with E-state index < -0.39 is 4.92 Å². The zero-order valence-corrected chi connectivity index (χ0v) is 17.5. The van der Waals surface area contributed by atoms with Crippen LogP contribution < -0.4 is 15.1 Å². The van der Waals surface area contributed by atoms with Gasteiger partial charge >= 0.3 is 0 Å². The van der Waals surface area contributed by atoms with Crippen molar-refractivity contribution in [2.75, 3.05) is 49.2 Å². The van der Waals surface area contributed by atoms with E-state index in [0.717, 1.165) is 56.8 Å². The molecule has 0 bridgehead atoms. The summed E-state index contributed by atoms with van der Waals surface area (Å²) in [6, 6.07) is 8.59. The SMILES string of the molecule is O=C(NCc1ccc(N2CCOCC2)nc1)c1ccc(N2CCCCC2)c([N+](=O)[O-])c1. The molecule has 0 spiro atoms. The molecule has 0 aliphatic carbocycles. The number of piperidine rings is 1. The van der Waals surface area contributed by atoms with Gasteiger partial charge in [0.1, 0.15) is 11.5 Å². The predicted molar refractivity (Wildman–Crippen MR) is 118 cm³/mol. The minimum absolute atomic E-state index is 0.0221. The number of morpholine rings is 1. The Labute approximate surface area is 181 Å². The molecular formula is C22H27N5O4. The van der Waals surface area contributed by atoms with Gasteiger partial charge in [0.25, 0.3) is 11.6 Å². The molecule has 1 N–H and O–H groups in total. The second kappa shape index (κ2) is 9.74. The van der Waals surface area contributed by atoms with Gasteiger partial charge in [0.05, 0.1) is 18.1 Å². The van der Waals surface area contributed by atoms with E-state index in [9.17, 15) is 14.9 Å². The molecule has 1 aromatic carbocycles. The Morgan fingerprint density at radius 3 is 2.52 bits per heavy atom. The van der Waals surface area contributed by atoms with E-state index in [0.29, 0.717) is 25.4 Å². The first-order chi connectivity index (χ1) is 15.1. The van der Waals surface area contributed by atoms with E-state index >= 15 is 0 Å². The summed E-state index contributed by atoms with van der Waals surface area (Å²) in [6.45, 7) is 4.94. The van der Waals surface area contributed by atoms with Crippen molar-refractivity contribution in [2.45, 2.75) is 25.8 Å². The summed E-state index contributed by atoms with van der Waals surface area (Å²) < 4.78 is 5.36. The maximum Gasteiger partial charge on any atom is 0.293 e. The summed E-state index contributed by atoms with van der Waals surface area (Å²) in [5, 5.41) is 14.4. The van der Waals surface area contributed by atoms with E-state index in [-0.39, 0.29) is 17.2 Å². The summed E-state index contributed by atoms with van der Waals surface area (Å²) in [7, 11) is 0. The number of nitrogens with one attached hydrogen (secondary N) is 1. The van der Waals surface area contributed by atoms with Crippen molar-refractivity contribution in [1.82, 2.24) is 10.3 Å². The number of carbonyl (C=O) groups excluding carboxylic acids is 1. The summed E-state index contributed by atoms with van der Waals surface area (Å²) >= 11 is 0. The molecule has 31 heavy (non-hydrogen) atoms. The van der Waals surface area contributed by atoms with Gasteiger partial charge in [-0.05, 0) is 43.0 Å². The van der Waals surface area contributed by atoms with Gasteiger partial charge in [-0.25, -0.2) is 4.98 Å². The highest BCUT2D eigenvalue weighted by Gasteiger charge is 2.23. The summed E-state index contributed by atoms with van der Waals surface area (Å²) in [5.74, 6) is 0.549. The lowest BCUT2D eigenvalue weighted by molar-refractivity contribution is -0.384. The van der Waals surface area contributed by atoms with Crippen LogP contribution in [0.1, 0.15) is 35.2 Å². The molecule has 9 heteroatoms. The number of rotatable bonds is 6. The van der Waals surface area contributed by atoms with Crippen molar-refractivity contribution < 1.29 is 14.5 Å². The molecule has 2 fully saturated rings. The average molecular weight is 425 g/mol. The smallest absolute Gasteiger partial charge is 0.293 e. The van der Waals surface area contributed by atoms with Crippen LogP contribution in [-0.4, -0.2) is 55.2 Å². The molecule has 9 nitrogen and oxygen atoms in total. The van der Waals surface area contributed by atoms with Crippen LogP contribution in [0.25, 0.3) is 0 Å². The number of hydrogen-bond donors (Lipinski definition) is 1. The summed E-state index contributed by atoms with van der Waals surface area (Å²) in [4.78, 5) is 32.5. The number of aromatic nitrogens is 1. The highest BCUT2D eigenvalue weighted by Crippen LogP contribution is 2.31. The van der Waals surface area contributed by atoms with Gasteiger partial charge < -0.3 is 19.9 Å². The Kier molecular flexibility index (Phi) is 6.61. The van der Waals surface area contributed by atoms with Crippen molar-refractivity contribution in [3.05, 3.63) is 57.8 Å². The third-order valence-corrected chi connectivity index (χ3v) is 5.73. The van der Waals surface area contributed by atoms with Crippen molar-refractivity contribution >= 4 is 23.1 Å². The van der Waals surface area contributed by atoms with Crippen LogP contribution in [0.3, 0.4) is 0 Å². The first-order valence-corrected chi connectivity index (χ1v) is 10.7. The zero-order valence-electron chi connectivity index (χ0n) is 17.5. The molecule has 164 valence electrons. The average Bonchev–Trinajstić information content (AvgIpc) is 2.83. The third-order valence-electron chi connectivity index (χ3n) is 5.73. The second-order valence-corrected chi connectivity index (χ2v) is 7.82. The van der Waals surface area contributed by atoms with Crippen molar-refractivity contribution in [3.8, 4) is 0 Å². The molecule has 0 atom stereocenters. The van der Waals surface area contributed by atoms with Crippen LogP contribution in [-0.2, 0) is 11.3 Å². The lowest BCUT2D eigenvalue weighted by Crippen LogP contribution is -2.36. The van der Waals surface area contributed by atoms with Crippen LogP contribution >= 0.6 is 0 Å². The number of amides is 1. The number of hydrogen-bond acceptors (Lipinski definition) is 7. The molecule has 3 heterocycles. The highest BCUT2D eigenvalue weighted by molar-refractivity contribution is 5.95. The van der Waals surface area contributed by atoms with Gasteiger partial charge in [0, 0.05) is 50.6 Å². The standard InChI is InChI=1S/C22H27N5O4/c28-22(24-16-17-4-7-21(23-15-17)26-10-12-31-13-11-26)18-5-6-19(20(14-18)27(29)30)25-8-2-1-3-9-25/h4-7,14-15H,1-3,8-13,16H2,(H,24,28). The fourth-order valence-corrected chi connectivity index (χ4v) is 4.00. The first-order valence-electron chi connectivity index (χ1n) is 10.7. The van der Waals surface area contributed by atoms with Crippen molar-refractivity contribution in [2.24, 2.45) is 0 Å². The number of ether oxygens (including phenoxy) is 1. The Balaban J connectivity index is 1.40. The Bertz CT molecular complexity index is 922. The lowest BCUT2D eigenvalue weighted by Gasteiger charge is -2.28. The van der Waals surface area contributed by atoms with Gasteiger partial charge in [-0.15, -0.1) is 0 Å². The maximum atomic E-state index is 12.6. The molecule has 0 radical (unpaired) electrons. The second-order valence-electron chi connectivity index (χ2n) is 7.82. The molecule has 2 aliphatic heterocycles. The van der Waals surface area contributed by atoms with Gasteiger partial charge in [-0.3, -0.25) is 14.9 Å². The summed E-state index contributed by atoms with van der Waals surface area (Å²) in [5.41, 5.74) is 1.71. The Morgan fingerprint density at radius 2 is 1.84 bits per heavy atom.